The largest absolute Gasteiger partial charge is 0.485 e. The first kappa shape index (κ1) is 21.2. The Hall–Kier alpha value is -4.01. The molecule has 2 aromatic heterocycles. The first-order valence-corrected chi connectivity index (χ1v) is 9.69. The van der Waals surface area contributed by atoms with Crippen LogP contribution in [0.3, 0.4) is 0 Å². The van der Waals surface area contributed by atoms with Crippen molar-refractivity contribution in [2.45, 2.75) is 20.5 Å². The van der Waals surface area contributed by atoms with Gasteiger partial charge in [-0.25, -0.2) is 0 Å². The number of ketones is 1. The number of Topliss-reactive ketones (excluding diaryl/α,β-unsaturated/α-hetero) is 1. The molecule has 0 radical (unpaired) electrons. The summed E-state index contributed by atoms with van der Waals surface area (Å²) < 4.78 is 41.8. The van der Waals surface area contributed by atoms with E-state index in [1.807, 2.05) is 18.4 Å². The molecule has 4 rings (SSSR count). The van der Waals surface area contributed by atoms with Gasteiger partial charge in [-0.2, -0.15) is 8.78 Å². The third-order valence-electron chi connectivity index (χ3n) is 4.88. The van der Waals surface area contributed by atoms with Crippen LogP contribution in [0.2, 0.25) is 0 Å². The SMILES string of the molecule is Cc1cc(C(=O)COc2ccc(-c3nnco3)cc2)c(C)n1-c1ccc(OC(F)F)cc1. The zero-order chi connectivity index (χ0) is 22.7. The minimum atomic E-state index is -2.88. The van der Waals surface area contributed by atoms with E-state index in [2.05, 4.69) is 14.9 Å². The fraction of sp³-hybridized carbons (Fsp3) is 0.174. The molecule has 0 spiro atoms. The Bertz CT molecular complexity index is 1200. The van der Waals surface area contributed by atoms with Crippen LogP contribution in [-0.2, 0) is 0 Å². The van der Waals surface area contributed by atoms with Crippen molar-refractivity contribution in [3.8, 4) is 28.6 Å². The second kappa shape index (κ2) is 9.01. The molecule has 0 atom stereocenters. The zero-order valence-electron chi connectivity index (χ0n) is 17.3. The minimum absolute atomic E-state index is 0.0704. The lowest BCUT2D eigenvalue weighted by atomic mass is 10.1. The predicted molar refractivity (Wildman–Crippen MR) is 111 cm³/mol. The van der Waals surface area contributed by atoms with Crippen molar-refractivity contribution in [1.82, 2.24) is 14.8 Å². The maximum atomic E-state index is 12.8. The molecule has 9 heteroatoms. The van der Waals surface area contributed by atoms with Crippen LogP contribution >= 0.6 is 0 Å². The van der Waals surface area contributed by atoms with E-state index in [1.165, 1.54) is 18.5 Å². The molecule has 0 bridgehead atoms. The Kier molecular flexibility index (Phi) is 5.98. The highest BCUT2D eigenvalue weighted by Crippen LogP contribution is 2.25. The Morgan fingerprint density at radius 2 is 1.75 bits per heavy atom. The first-order valence-electron chi connectivity index (χ1n) is 9.69. The van der Waals surface area contributed by atoms with Crippen LogP contribution in [0.25, 0.3) is 17.1 Å². The van der Waals surface area contributed by atoms with E-state index in [0.29, 0.717) is 17.2 Å². The van der Waals surface area contributed by atoms with Crippen molar-refractivity contribution in [2.75, 3.05) is 6.61 Å². The summed E-state index contributed by atoms with van der Waals surface area (Å²) in [7, 11) is 0. The highest BCUT2D eigenvalue weighted by atomic mass is 19.3. The van der Waals surface area contributed by atoms with Crippen molar-refractivity contribution in [3.63, 3.8) is 0 Å². The fourth-order valence-corrected chi connectivity index (χ4v) is 3.44. The molecule has 0 saturated heterocycles. The van der Waals surface area contributed by atoms with Crippen LogP contribution in [0.15, 0.2) is 65.4 Å². The number of aromatic nitrogens is 3. The third-order valence-corrected chi connectivity index (χ3v) is 4.88. The van der Waals surface area contributed by atoms with Gasteiger partial charge in [-0.1, -0.05) is 0 Å². The second-order valence-electron chi connectivity index (χ2n) is 6.97. The van der Waals surface area contributed by atoms with Gasteiger partial charge in [-0.05, 0) is 68.4 Å². The van der Waals surface area contributed by atoms with Crippen molar-refractivity contribution in [2.24, 2.45) is 0 Å². The van der Waals surface area contributed by atoms with Gasteiger partial charge in [0.1, 0.15) is 11.5 Å². The predicted octanol–water partition coefficient (Wildman–Crippen LogP) is 5.01. The molecule has 32 heavy (non-hydrogen) atoms. The molecule has 4 aromatic rings. The van der Waals surface area contributed by atoms with Crippen molar-refractivity contribution < 1.29 is 27.5 Å². The van der Waals surface area contributed by atoms with Crippen LogP contribution in [-0.4, -0.2) is 33.8 Å². The summed E-state index contributed by atoms with van der Waals surface area (Å²) in [5, 5.41) is 7.48. The van der Waals surface area contributed by atoms with Gasteiger partial charge in [0.05, 0.1) is 0 Å². The summed E-state index contributed by atoms with van der Waals surface area (Å²) >= 11 is 0. The molecule has 0 unspecified atom stereocenters. The molecule has 2 heterocycles. The van der Waals surface area contributed by atoms with E-state index >= 15 is 0 Å². The van der Waals surface area contributed by atoms with Crippen LogP contribution in [0, 0.1) is 13.8 Å². The summed E-state index contributed by atoms with van der Waals surface area (Å²) in [6.45, 7) is 0.675. The van der Waals surface area contributed by atoms with Crippen LogP contribution in [0.4, 0.5) is 8.78 Å². The molecule has 0 fully saturated rings. The van der Waals surface area contributed by atoms with E-state index in [-0.39, 0.29) is 18.1 Å². The summed E-state index contributed by atoms with van der Waals surface area (Å²) in [5.41, 5.74) is 3.56. The number of carbonyl (C=O) groups excluding carboxylic acids is 1. The van der Waals surface area contributed by atoms with Crippen molar-refractivity contribution in [3.05, 3.63) is 77.9 Å². The van der Waals surface area contributed by atoms with Crippen molar-refractivity contribution in [1.29, 1.82) is 0 Å². The number of alkyl halides is 2. The van der Waals surface area contributed by atoms with E-state index in [0.717, 1.165) is 22.6 Å². The fourth-order valence-electron chi connectivity index (χ4n) is 3.44. The number of ether oxygens (including phenoxy) is 2. The zero-order valence-corrected chi connectivity index (χ0v) is 17.3. The van der Waals surface area contributed by atoms with Crippen LogP contribution in [0.5, 0.6) is 11.5 Å². The van der Waals surface area contributed by atoms with Crippen LogP contribution < -0.4 is 9.47 Å². The lowest BCUT2D eigenvalue weighted by molar-refractivity contribution is -0.0498. The monoisotopic (exact) mass is 439 g/mol. The first-order chi connectivity index (χ1) is 15.4. The number of benzene rings is 2. The average Bonchev–Trinajstić information content (AvgIpc) is 3.41. The summed E-state index contributed by atoms with van der Waals surface area (Å²) in [6, 6.07) is 15.0. The molecule has 0 aliphatic rings. The van der Waals surface area contributed by atoms with Gasteiger partial charge in [-0.15, -0.1) is 10.2 Å². The number of rotatable bonds is 8. The van der Waals surface area contributed by atoms with E-state index in [1.54, 1.807) is 42.5 Å². The maximum Gasteiger partial charge on any atom is 0.387 e. The third kappa shape index (κ3) is 4.51. The molecule has 7 nitrogen and oxygen atoms in total. The molecule has 2 aromatic carbocycles. The second-order valence-corrected chi connectivity index (χ2v) is 6.97. The van der Waals surface area contributed by atoms with Gasteiger partial charge in [-0.3, -0.25) is 4.79 Å². The molecule has 164 valence electrons. The summed E-state index contributed by atoms with van der Waals surface area (Å²) in [5.74, 6) is 0.822. The highest BCUT2D eigenvalue weighted by molar-refractivity contribution is 5.98. The van der Waals surface area contributed by atoms with Gasteiger partial charge in [0.15, 0.2) is 6.61 Å². The van der Waals surface area contributed by atoms with Gasteiger partial charge in [0, 0.05) is 28.2 Å². The quantitative estimate of drug-likeness (QED) is 0.359. The molecule has 0 aliphatic carbocycles. The summed E-state index contributed by atoms with van der Waals surface area (Å²) in [4.78, 5) is 12.8. The van der Waals surface area contributed by atoms with E-state index < -0.39 is 6.61 Å². The van der Waals surface area contributed by atoms with Gasteiger partial charge in [0.2, 0.25) is 18.1 Å². The maximum absolute atomic E-state index is 12.8. The number of aryl methyl sites for hydroxylation is 1. The van der Waals surface area contributed by atoms with Gasteiger partial charge < -0.3 is 18.5 Å². The Morgan fingerprint density at radius 1 is 1.06 bits per heavy atom. The van der Waals surface area contributed by atoms with Crippen molar-refractivity contribution >= 4 is 5.78 Å². The molecule has 0 aliphatic heterocycles. The van der Waals surface area contributed by atoms with E-state index in [9.17, 15) is 13.6 Å². The number of carbonyl (C=O) groups is 1. The van der Waals surface area contributed by atoms with E-state index in [4.69, 9.17) is 9.15 Å². The Morgan fingerprint density at radius 3 is 2.38 bits per heavy atom. The average molecular weight is 439 g/mol. The number of hydrogen-bond donors (Lipinski definition) is 0. The van der Waals surface area contributed by atoms with Gasteiger partial charge >= 0.3 is 6.61 Å². The number of nitrogens with zero attached hydrogens (tertiary/aromatic N) is 3. The smallest absolute Gasteiger partial charge is 0.387 e. The Labute approximate surface area is 182 Å². The molecule has 0 amide bonds. The normalized spacial score (nSPS) is 11.0. The Balaban J connectivity index is 1.45. The lowest BCUT2D eigenvalue weighted by Gasteiger charge is -2.11. The standard InChI is InChI=1S/C23H19F2N3O4/c1-14-11-20(15(2)28(14)17-5-9-19(10-6-17)32-23(24)25)21(29)12-30-18-7-3-16(4-8-18)22-27-26-13-31-22/h3-11,13,23H,12H2,1-2H3. The van der Waals surface area contributed by atoms with Crippen LogP contribution in [0.1, 0.15) is 21.7 Å². The topological polar surface area (TPSA) is 79.4 Å². The highest BCUT2D eigenvalue weighted by Gasteiger charge is 2.17. The molecule has 0 N–H and O–H groups in total. The van der Waals surface area contributed by atoms with Gasteiger partial charge in [0.25, 0.3) is 0 Å². The molecular formula is C23H19F2N3O4. The lowest BCUT2D eigenvalue weighted by Crippen LogP contribution is -2.12. The number of halogens is 2. The minimum Gasteiger partial charge on any atom is -0.485 e. The molecule has 0 saturated carbocycles. The summed E-state index contributed by atoms with van der Waals surface area (Å²) in [6.07, 6.45) is 1.25. The molecular weight excluding hydrogens is 420 g/mol. The number of hydrogen-bond acceptors (Lipinski definition) is 6.